The molecule has 2 aromatic carbocycles. The van der Waals surface area contributed by atoms with Crippen molar-refractivity contribution in [3.8, 4) is 17.2 Å². The molecule has 0 heterocycles. The molecule has 0 saturated heterocycles. The summed E-state index contributed by atoms with van der Waals surface area (Å²) in [4.78, 5) is 4.47. The van der Waals surface area contributed by atoms with E-state index in [1.807, 2.05) is 49.4 Å². The van der Waals surface area contributed by atoms with E-state index < -0.39 is 6.10 Å². The van der Waals surface area contributed by atoms with E-state index in [1.54, 1.807) is 21.3 Å². The van der Waals surface area contributed by atoms with Crippen LogP contribution in [-0.4, -0.2) is 45.5 Å². The van der Waals surface area contributed by atoms with Gasteiger partial charge in [0.1, 0.15) is 5.75 Å². The highest BCUT2D eigenvalue weighted by atomic mass is 16.5. The number of anilines is 1. The summed E-state index contributed by atoms with van der Waals surface area (Å²) < 4.78 is 15.7. The van der Waals surface area contributed by atoms with Gasteiger partial charge >= 0.3 is 0 Å². The Morgan fingerprint density at radius 1 is 1.00 bits per heavy atom. The predicted octanol–water partition coefficient (Wildman–Crippen LogP) is 2.82. The maximum atomic E-state index is 10.4. The Bertz CT molecular complexity index is 747. The van der Waals surface area contributed by atoms with Crippen LogP contribution in [0.25, 0.3) is 0 Å². The maximum absolute atomic E-state index is 10.4. The summed E-state index contributed by atoms with van der Waals surface area (Å²) >= 11 is 0. The second kappa shape index (κ2) is 10.3. The molecule has 7 nitrogen and oxygen atoms in total. The molecule has 0 aliphatic heterocycles. The predicted molar refractivity (Wildman–Crippen MR) is 107 cm³/mol. The lowest BCUT2D eigenvalue weighted by atomic mass is 10.1. The first kappa shape index (κ1) is 20.4. The van der Waals surface area contributed by atoms with Gasteiger partial charge in [-0.25, -0.2) is 4.99 Å². The molecule has 0 amide bonds. The number of nitrogens with zero attached hydrogens (tertiary/aromatic N) is 1. The Hall–Kier alpha value is -2.93. The lowest BCUT2D eigenvalue weighted by Crippen LogP contribution is -2.31. The molecule has 0 spiro atoms. The number of aliphatic hydroxyl groups is 1. The fourth-order valence-corrected chi connectivity index (χ4v) is 2.47. The molecular weight excluding hydrogens is 346 g/mol. The summed E-state index contributed by atoms with van der Waals surface area (Å²) in [7, 11) is 4.79. The molecule has 0 fully saturated rings. The number of methoxy groups -OCH3 is 3. The van der Waals surface area contributed by atoms with E-state index in [0.717, 1.165) is 17.0 Å². The van der Waals surface area contributed by atoms with Gasteiger partial charge in [0.2, 0.25) is 0 Å². The Kier molecular flexibility index (Phi) is 7.76. The molecule has 146 valence electrons. The fraction of sp³-hybridized carbons (Fsp3) is 0.350. The molecule has 2 aromatic rings. The van der Waals surface area contributed by atoms with Crippen LogP contribution in [0.4, 0.5) is 5.69 Å². The van der Waals surface area contributed by atoms with Gasteiger partial charge < -0.3 is 30.0 Å². The molecule has 1 unspecified atom stereocenters. The van der Waals surface area contributed by atoms with Gasteiger partial charge in [0.15, 0.2) is 17.5 Å². The molecule has 0 aliphatic carbocycles. The number of aliphatic hydroxyl groups excluding tert-OH is 1. The number of hydrogen-bond donors (Lipinski definition) is 3. The van der Waals surface area contributed by atoms with Crippen molar-refractivity contribution in [1.29, 1.82) is 0 Å². The summed E-state index contributed by atoms with van der Waals surface area (Å²) in [5.74, 6) is 2.59. The highest BCUT2D eigenvalue weighted by Crippen LogP contribution is 2.29. The topological polar surface area (TPSA) is 84.3 Å². The zero-order valence-corrected chi connectivity index (χ0v) is 16.2. The van der Waals surface area contributed by atoms with Crippen LogP contribution in [0.2, 0.25) is 0 Å². The van der Waals surface area contributed by atoms with Gasteiger partial charge in [0.25, 0.3) is 0 Å². The Morgan fingerprint density at radius 3 is 2.30 bits per heavy atom. The van der Waals surface area contributed by atoms with E-state index in [2.05, 4.69) is 15.6 Å². The zero-order chi connectivity index (χ0) is 19.6. The molecule has 7 heteroatoms. The van der Waals surface area contributed by atoms with E-state index in [4.69, 9.17) is 14.2 Å². The normalized spacial score (nSPS) is 12.3. The van der Waals surface area contributed by atoms with Gasteiger partial charge in [-0.2, -0.15) is 0 Å². The molecule has 2 rings (SSSR count). The van der Waals surface area contributed by atoms with Gasteiger partial charge in [0, 0.05) is 18.3 Å². The van der Waals surface area contributed by atoms with E-state index >= 15 is 0 Å². The lowest BCUT2D eigenvalue weighted by Gasteiger charge is -2.15. The summed E-state index contributed by atoms with van der Waals surface area (Å²) in [5.41, 5.74) is 1.58. The summed E-state index contributed by atoms with van der Waals surface area (Å²) in [6.45, 7) is 2.89. The van der Waals surface area contributed by atoms with Crippen molar-refractivity contribution >= 4 is 11.6 Å². The van der Waals surface area contributed by atoms with E-state index in [-0.39, 0.29) is 6.54 Å². The van der Waals surface area contributed by atoms with Gasteiger partial charge in [-0.1, -0.05) is 12.1 Å². The summed E-state index contributed by atoms with van der Waals surface area (Å²) in [6, 6.07) is 12.8. The number of hydrogen-bond acceptors (Lipinski definition) is 5. The van der Waals surface area contributed by atoms with Gasteiger partial charge in [-0.15, -0.1) is 0 Å². The standard InChI is InChI=1S/C20H27N3O4/c1-5-21-20(23-15-8-11-18(26-3)19(12-15)27-4)22-13-17(24)14-6-9-16(25-2)10-7-14/h6-12,17,24H,5,13H2,1-4H3,(H2,21,22,23). The Balaban J connectivity index is 2.08. The molecule has 0 aromatic heterocycles. The van der Waals surface area contributed by atoms with Crippen molar-refractivity contribution < 1.29 is 19.3 Å². The SMILES string of the molecule is CCNC(=NCC(O)c1ccc(OC)cc1)Nc1ccc(OC)c(OC)c1. The average Bonchev–Trinajstić information content (AvgIpc) is 2.71. The third-order valence-corrected chi connectivity index (χ3v) is 3.91. The smallest absolute Gasteiger partial charge is 0.195 e. The van der Waals surface area contributed by atoms with Crippen molar-refractivity contribution in [3.63, 3.8) is 0 Å². The first-order valence-electron chi connectivity index (χ1n) is 8.70. The highest BCUT2D eigenvalue weighted by Gasteiger charge is 2.09. The Morgan fingerprint density at radius 2 is 1.70 bits per heavy atom. The first-order chi connectivity index (χ1) is 13.1. The number of guanidine groups is 1. The van der Waals surface area contributed by atoms with Crippen molar-refractivity contribution in [1.82, 2.24) is 5.32 Å². The van der Waals surface area contributed by atoms with Gasteiger partial charge in [-0.05, 0) is 36.8 Å². The van der Waals surface area contributed by atoms with Gasteiger partial charge in [-0.3, -0.25) is 0 Å². The zero-order valence-electron chi connectivity index (χ0n) is 16.2. The largest absolute Gasteiger partial charge is 0.497 e. The molecule has 0 aliphatic rings. The van der Waals surface area contributed by atoms with Crippen LogP contribution < -0.4 is 24.8 Å². The lowest BCUT2D eigenvalue weighted by molar-refractivity contribution is 0.187. The monoisotopic (exact) mass is 373 g/mol. The van der Waals surface area contributed by atoms with Crippen LogP contribution in [-0.2, 0) is 0 Å². The first-order valence-corrected chi connectivity index (χ1v) is 8.70. The molecule has 3 N–H and O–H groups in total. The van der Waals surface area contributed by atoms with Crippen molar-refractivity contribution in [2.45, 2.75) is 13.0 Å². The number of aliphatic imine (C=N–C) groups is 1. The number of nitrogens with one attached hydrogen (secondary N) is 2. The molecule has 27 heavy (non-hydrogen) atoms. The molecule has 0 radical (unpaired) electrons. The number of ether oxygens (including phenoxy) is 3. The summed E-state index contributed by atoms with van der Waals surface area (Å²) in [5, 5.41) is 16.7. The quantitative estimate of drug-likeness (QED) is 0.487. The minimum Gasteiger partial charge on any atom is -0.497 e. The molecule has 0 saturated carbocycles. The van der Waals surface area contributed by atoms with Crippen LogP contribution in [0, 0.1) is 0 Å². The maximum Gasteiger partial charge on any atom is 0.195 e. The van der Waals surface area contributed by atoms with E-state index in [1.165, 1.54) is 0 Å². The van der Waals surface area contributed by atoms with Crippen LogP contribution in [0.15, 0.2) is 47.5 Å². The average molecular weight is 373 g/mol. The summed E-state index contributed by atoms with van der Waals surface area (Å²) in [6.07, 6.45) is -0.711. The minimum atomic E-state index is -0.711. The van der Waals surface area contributed by atoms with Crippen molar-refractivity contribution in [2.75, 3.05) is 39.7 Å². The fourth-order valence-electron chi connectivity index (χ4n) is 2.47. The second-order valence-corrected chi connectivity index (χ2v) is 5.70. The highest BCUT2D eigenvalue weighted by molar-refractivity contribution is 5.93. The molecule has 1 atom stereocenters. The second-order valence-electron chi connectivity index (χ2n) is 5.70. The molecule has 0 bridgehead atoms. The van der Waals surface area contributed by atoms with E-state index in [0.29, 0.717) is 24.0 Å². The number of rotatable bonds is 8. The van der Waals surface area contributed by atoms with Gasteiger partial charge in [0.05, 0.1) is 34.0 Å². The van der Waals surface area contributed by atoms with Crippen molar-refractivity contribution in [2.24, 2.45) is 4.99 Å². The third kappa shape index (κ3) is 5.79. The van der Waals surface area contributed by atoms with Crippen LogP contribution in [0.1, 0.15) is 18.6 Å². The number of benzene rings is 2. The minimum absolute atomic E-state index is 0.217. The van der Waals surface area contributed by atoms with Crippen LogP contribution in [0.5, 0.6) is 17.2 Å². The van der Waals surface area contributed by atoms with Crippen LogP contribution in [0.3, 0.4) is 0 Å². The third-order valence-electron chi connectivity index (χ3n) is 3.91. The molecular formula is C20H27N3O4. The van der Waals surface area contributed by atoms with Crippen molar-refractivity contribution in [3.05, 3.63) is 48.0 Å². The van der Waals surface area contributed by atoms with E-state index in [9.17, 15) is 5.11 Å². The van der Waals surface area contributed by atoms with Crippen LogP contribution >= 0.6 is 0 Å². The Labute approximate surface area is 160 Å².